The van der Waals surface area contributed by atoms with Gasteiger partial charge in [-0.05, 0) is 38.8 Å². The van der Waals surface area contributed by atoms with Crippen molar-refractivity contribution in [2.75, 3.05) is 5.32 Å². The van der Waals surface area contributed by atoms with Gasteiger partial charge in [-0.25, -0.2) is 14.5 Å². The quantitative estimate of drug-likeness (QED) is 0.875. The Balaban J connectivity index is 1.55. The Kier molecular flexibility index (Phi) is 5.21. The van der Waals surface area contributed by atoms with Crippen LogP contribution < -0.4 is 15.4 Å². The molecule has 2 atom stereocenters. The molecule has 0 saturated carbocycles. The van der Waals surface area contributed by atoms with Gasteiger partial charge in [-0.15, -0.1) is 0 Å². The Morgan fingerprint density at radius 2 is 2.32 bits per heavy atom. The number of aromatic nitrogens is 3. The van der Waals surface area contributed by atoms with Crippen LogP contribution in [0.15, 0.2) is 24.3 Å². The highest BCUT2D eigenvalue weighted by Crippen LogP contribution is 2.19. The maximum Gasteiger partial charge on any atom is 0.319 e. The van der Waals surface area contributed by atoms with E-state index in [0.717, 1.165) is 36.7 Å². The number of urea groups is 1. The van der Waals surface area contributed by atoms with E-state index in [0.29, 0.717) is 12.2 Å². The van der Waals surface area contributed by atoms with E-state index in [1.807, 2.05) is 42.8 Å². The molecule has 0 radical (unpaired) electrons. The number of anilines is 1. The predicted octanol–water partition coefficient (Wildman–Crippen LogP) is 2.90. The standard InChI is InChI=1S/C18H25N5O2/c1-4-12(2)25-16-7-5-6-14(10-16)20-18(24)21-15-8-9-17-19-13(3)22-23(17)11-15/h5-7,10,12,15H,4,8-9,11H2,1-3H3,(H2,20,21,24)/t12-,15-/m1/s1. The lowest BCUT2D eigenvalue weighted by atomic mass is 10.1. The van der Waals surface area contributed by atoms with Crippen LogP contribution in [0.2, 0.25) is 0 Å². The van der Waals surface area contributed by atoms with Gasteiger partial charge >= 0.3 is 6.03 Å². The molecule has 134 valence electrons. The molecule has 1 aromatic heterocycles. The molecule has 7 heteroatoms. The SMILES string of the molecule is CC[C@@H](C)Oc1cccc(NC(=O)N[C@@H]2CCc3nc(C)nn3C2)c1. The average molecular weight is 343 g/mol. The second kappa shape index (κ2) is 7.55. The molecule has 2 aromatic rings. The second-order valence-corrected chi connectivity index (χ2v) is 6.46. The van der Waals surface area contributed by atoms with Gasteiger partial charge in [0.2, 0.25) is 0 Å². The zero-order valence-corrected chi connectivity index (χ0v) is 15.0. The first-order chi connectivity index (χ1) is 12.0. The van der Waals surface area contributed by atoms with Crippen molar-refractivity contribution in [3.8, 4) is 5.75 Å². The van der Waals surface area contributed by atoms with E-state index >= 15 is 0 Å². The summed E-state index contributed by atoms with van der Waals surface area (Å²) in [5.74, 6) is 2.52. The number of carbonyl (C=O) groups is 1. The number of nitrogens with zero attached hydrogens (tertiary/aromatic N) is 3. The molecule has 0 bridgehead atoms. The molecular weight excluding hydrogens is 318 g/mol. The molecule has 2 heterocycles. The third kappa shape index (κ3) is 4.49. The Hall–Kier alpha value is -2.57. The van der Waals surface area contributed by atoms with Crippen molar-refractivity contribution in [2.45, 2.75) is 58.7 Å². The number of amides is 2. The van der Waals surface area contributed by atoms with E-state index in [9.17, 15) is 4.79 Å². The molecule has 2 amide bonds. The molecule has 3 rings (SSSR count). The summed E-state index contributed by atoms with van der Waals surface area (Å²) in [6.45, 7) is 6.64. The largest absolute Gasteiger partial charge is 0.491 e. The minimum atomic E-state index is -0.217. The lowest BCUT2D eigenvalue weighted by molar-refractivity contribution is 0.217. The zero-order valence-electron chi connectivity index (χ0n) is 15.0. The van der Waals surface area contributed by atoms with E-state index in [-0.39, 0.29) is 18.2 Å². The molecule has 2 N–H and O–H groups in total. The number of aryl methyl sites for hydroxylation is 2. The molecule has 7 nitrogen and oxygen atoms in total. The van der Waals surface area contributed by atoms with Crippen molar-refractivity contribution in [1.82, 2.24) is 20.1 Å². The Morgan fingerprint density at radius 1 is 1.48 bits per heavy atom. The van der Waals surface area contributed by atoms with Crippen LogP contribution in [0.5, 0.6) is 5.75 Å². The maximum absolute atomic E-state index is 12.3. The van der Waals surface area contributed by atoms with Crippen molar-refractivity contribution < 1.29 is 9.53 Å². The molecule has 1 aliphatic heterocycles. The summed E-state index contributed by atoms with van der Waals surface area (Å²) in [4.78, 5) is 16.7. The lowest BCUT2D eigenvalue weighted by Gasteiger charge is -2.23. The molecule has 0 saturated heterocycles. The van der Waals surface area contributed by atoms with E-state index in [1.54, 1.807) is 0 Å². The number of benzene rings is 1. The van der Waals surface area contributed by atoms with Crippen molar-refractivity contribution in [1.29, 1.82) is 0 Å². The van der Waals surface area contributed by atoms with Gasteiger partial charge in [0.25, 0.3) is 0 Å². The smallest absolute Gasteiger partial charge is 0.319 e. The number of hydrogen-bond acceptors (Lipinski definition) is 4. The van der Waals surface area contributed by atoms with Crippen LogP contribution in [0.4, 0.5) is 10.5 Å². The molecule has 0 spiro atoms. The molecule has 0 unspecified atom stereocenters. The molecular formula is C18H25N5O2. The topological polar surface area (TPSA) is 81.1 Å². The first-order valence-corrected chi connectivity index (χ1v) is 8.78. The van der Waals surface area contributed by atoms with Gasteiger partial charge < -0.3 is 15.4 Å². The maximum atomic E-state index is 12.3. The van der Waals surface area contributed by atoms with Gasteiger partial charge in [0.05, 0.1) is 18.7 Å². The van der Waals surface area contributed by atoms with Crippen LogP contribution in [0, 0.1) is 6.92 Å². The highest BCUT2D eigenvalue weighted by atomic mass is 16.5. The Bertz CT molecular complexity index is 743. The van der Waals surface area contributed by atoms with Gasteiger partial charge in [0, 0.05) is 18.2 Å². The number of carbonyl (C=O) groups excluding carboxylic acids is 1. The molecule has 0 fully saturated rings. The van der Waals surface area contributed by atoms with Crippen LogP contribution in [-0.4, -0.2) is 32.9 Å². The summed E-state index contributed by atoms with van der Waals surface area (Å²) in [5, 5.41) is 10.2. The first-order valence-electron chi connectivity index (χ1n) is 8.78. The van der Waals surface area contributed by atoms with Crippen LogP contribution in [0.3, 0.4) is 0 Å². The monoisotopic (exact) mass is 343 g/mol. The van der Waals surface area contributed by atoms with Crippen molar-refractivity contribution in [3.63, 3.8) is 0 Å². The van der Waals surface area contributed by atoms with E-state index < -0.39 is 0 Å². The molecule has 25 heavy (non-hydrogen) atoms. The fourth-order valence-electron chi connectivity index (χ4n) is 2.87. The van der Waals surface area contributed by atoms with Crippen LogP contribution in [0.1, 0.15) is 38.3 Å². The van der Waals surface area contributed by atoms with E-state index in [2.05, 4.69) is 27.6 Å². The number of rotatable bonds is 5. The molecule has 1 aromatic carbocycles. The number of fused-ring (bicyclic) bond motifs is 1. The summed E-state index contributed by atoms with van der Waals surface area (Å²) in [7, 11) is 0. The first kappa shape index (κ1) is 17.3. The third-order valence-corrected chi connectivity index (χ3v) is 4.30. The predicted molar refractivity (Wildman–Crippen MR) is 95.8 cm³/mol. The lowest BCUT2D eigenvalue weighted by Crippen LogP contribution is -2.43. The number of nitrogens with one attached hydrogen (secondary N) is 2. The van der Waals surface area contributed by atoms with Gasteiger partial charge in [0.15, 0.2) is 0 Å². The van der Waals surface area contributed by atoms with Crippen LogP contribution in [0.25, 0.3) is 0 Å². The summed E-state index contributed by atoms with van der Waals surface area (Å²) in [6.07, 6.45) is 2.77. The van der Waals surface area contributed by atoms with Gasteiger partial charge in [-0.3, -0.25) is 0 Å². The van der Waals surface area contributed by atoms with Gasteiger partial charge in [0.1, 0.15) is 17.4 Å². The molecule has 1 aliphatic rings. The minimum absolute atomic E-state index is 0.0492. The van der Waals surface area contributed by atoms with Gasteiger partial charge in [-0.2, -0.15) is 5.10 Å². The second-order valence-electron chi connectivity index (χ2n) is 6.46. The highest BCUT2D eigenvalue weighted by molar-refractivity contribution is 5.89. The summed E-state index contributed by atoms with van der Waals surface area (Å²) in [6, 6.07) is 7.29. The summed E-state index contributed by atoms with van der Waals surface area (Å²) < 4.78 is 7.67. The fourth-order valence-corrected chi connectivity index (χ4v) is 2.87. The van der Waals surface area contributed by atoms with E-state index in [1.165, 1.54) is 0 Å². The number of ether oxygens (including phenoxy) is 1. The Labute approximate surface area is 147 Å². The number of hydrogen-bond donors (Lipinski definition) is 2. The summed E-state index contributed by atoms with van der Waals surface area (Å²) in [5.41, 5.74) is 0.714. The fraction of sp³-hybridized carbons (Fsp3) is 0.500. The van der Waals surface area contributed by atoms with Crippen molar-refractivity contribution >= 4 is 11.7 Å². The zero-order chi connectivity index (χ0) is 17.8. The van der Waals surface area contributed by atoms with Crippen molar-refractivity contribution in [3.05, 3.63) is 35.9 Å². The summed E-state index contributed by atoms with van der Waals surface area (Å²) >= 11 is 0. The normalized spacial score (nSPS) is 17.5. The molecule has 0 aliphatic carbocycles. The van der Waals surface area contributed by atoms with E-state index in [4.69, 9.17) is 4.74 Å². The highest BCUT2D eigenvalue weighted by Gasteiger charge is 2.22. The third-order valence-electron chi connectivity index (χ3n) is 4.30. The van der Waals surface area contributed by atoms with Gasteiger partial charge in [-0.1, -0.05) is 13.0 Å². The van der Waals surface area contributed by atoms with Crippen molar-refractivity contribution in [2.24, 2.45) is 0 Å². The van der Waals surface area contributed by atoms with Crippen LogP contribution >= 0.6 is 0 Å². The minimum Gasteiger partial charge on any atom is -0.491 e. The Morgan fingerprint density at radius 3 is 3.12 bits per heavy atom. The average Bonchev–Trinajstić information content (AvgIpc) is 2.94. The van der Waals surface area contributed by atoms with Crippen LogP contribution in [-0.2, 0) is 13.0 Å².